The molecule has 0 atom stereocenters. The minimum atomic E-state index is -0.0184. The van der Waals surface area contributed by atoms with Gasteiger partial charge in [0.2, 0.25) is 0 Å². The quantitative estimate of drug-likeness (QED) is 0.685. The smallest absolute Gasteiger partial charge is 0.165 e. The number of Topliss-reactive ketones (excluding diaryl/α,β-unsaturated/α-hetero) is 1. The van der Waals surface area contributed by atoms with Gasteiger partial charge in [0.15, 0.2) is 11.4 Å². The molecule has 2 heterocycles. The van der Waals surface area contributed by atoms with Crippen molar-refractivity contribution in [1.29, 1.82) is 0 Å². The number of hydrogen-bond acceptors (Lipinski definition) is 4. The lowest BCUT2D eigenvalue weighted by Gasteiger charge is -2.11. The van der Waals surface area contributed by atoms with Crippen molar-refractivity contribution in [2.24, 2.45) is 0 Å². The minimum Gasteiger partial charge on any atom is -0.375 e. The van der Waals surface area contributed by atoms with Crippen LogP contribution in [0.3, 0.4) is 0 Å². The molecule has 0 aliphatic rings. The zero-order chi connectivity index (χ0) is 11.0. The van der Waals surface area contributed by atoms with Crippen molar-refractivity contribution in [3.8, 4) is 0 Å². The van der Waals surface area contributed by atoms with Gasteiger partial charge in [-0.15, -0.1) is 0 Å². The molecule has 2 aromatic rings. The molecule has 0 bridgehead atoms. The molecule has 0 amide bonds. The third kappa shape index (κ3) is 1.56. The monoisotopic (exact) mass is 204 g/mol. The van der Waals surface area contributed by atoms with E-state index in [-0.39, 0.29) is 5.78 Å². The third-order valence-corrected chi connectivity index (χ3v) is 2.24. The molecule has 0 saturated carbocycles. The summed E-state index contributed by atoms with van der Waals surface area (Å²) in [4.78, 5) is 17.4. The van der Waals surface area contributed by atoms with Gasteiger partial charge in [0.05, 0.1) is 29.8 Å². The topological polar surface area (TPSA) is 50.5 Å². The van der Waals surface area contributed by atoms with E-state index in [4.69, 9.17) is 0 Å². The van der Waals surface area contributed by atoms with Crippen LogP contribution in [0.25, 0.3) is 5.65 Å². The fourth-order valence-electron chi connectivity index (χ4n) is 1.34. The summed E-state index contributed by atoms with van der Waals surface area (Å²) in [5, 5.41) is 4.09. The van der Waals surface area contributed by atoms with Crippen molar-refractivity contribution in [3.05, 3.63) is 24.2 Å². The van der Waals surface area contributed by atoms with Gasteiger partial charge < -0.3 is 4.90 Å². The molecule has 2 aromatic heterocycles. The summed E-state index contributed by atoms with van der Waals surface area (Å²) in [6.07, 6.45) is 5.11. The molecule has 0 unspecified atom stereocenters. The molecule has 0 aliphatic heterocycles. The first-order valence-corrected chi connectivity index (χ1v) is 4.61. The van der Waals surface area contributed by atoms with E-state index >= 15 is 0 Å². The van der Waals surface area contributed by atoms with Crippen LogP contribution in [0, 0.1) is 0 Å². The highest BCUT2D eigenvalue weighted by Crippen LogP contribution is 2.13. The Hall–Kier alpha value is -1.91. The van der Waals surface area contributed by atoms with E-state index < -0.39 is 0 Å². The van der Waals surface area contributed by atoms with Crippen LogP contribution in [0.1, 0.15) is 17.3 Å². The number of hydrogen-bond donors (Lipinski definition) is 0. The van der Waals surface area contributed by atoms with E-state index in [2.05, 4.69) is 10.1 Å². The number of aromatic nitrogens is 3. The zero-order valence-corrected chi connectivity index (χ0v) is 8.93. The maximum Gasteiger partial charge on any atom is 0.165 e. The van der Waals surface area contributed by atoms with E-state index in [9.17, 15) is 4.79 Å². The summed E-state index contributed by atoms with van der Waals surface area (Å²) in [7, 11) is 3.86. The van der Waals surface area contributed by atoms with Crippen molar-refractivity contribution < 1.29 is 4.79 Å². The van der Waals surface area contributed by atoms with Crippen LogP contribution in [0.4, 0.5) is 5.69 Å². The van der Waals surface area contributed by atoms with E-state index in [0.29, 0.717) is 11.2 Å². The highest BCUT2D eigenvalue weighted by atomic mass is 16.1. The molecular weight excluding hydrogens is 192 g/mol. The Kier molecular flexibility index (Phi) is 2.15. The number of carbonyl (C=O) groups is 1. The second-order valence-corrected chi connectivity index (χ2v) is 3.59. The van der Waals surface area contributed by atoms with Crippen LogP contribution < -0.4 is 4.90 Å². The number of nitrogens with zero attached hydrogens (tertiary/aromatic N) is 4. The molecule has 0 spiro atoms. The van der Waals surface area contributed by atoms with Gasteiger partial charge in [-0.3, -0.25) is 4.79 Å². The van der Waals surface area contributed by atoms with Crippen molar-refractivity contribution in [2.45, 2.75) is 6.92 Å². The molecule has 15 heavy (non-hydrogen) atoms. The summed E-state index contributed by atoms with van der Waals surface area (Å²) in [6, 6.07) is 0. The summed E-state index contributed by atoms with van der Waals surface area (Å²) < 4.78 is 1.62. The Morgan fingerprint density at radius 1 is 1.40 bits per heavy atom. The summed E-state index contributed by atoms with van der Waals surface area (Å²) in [5.74, 6) is -0.0184. The van der Waals surface area contributed by atoms with Gasteiger partial charge in [0.25, 0.3) is 0 Å². The van der Waals surface area contributed by atoms with Gasteiger partial charge in [-0.2, -0.15) is 5.10 Å². The molecule has 78 valence electrons. The molecule has 2 rings (SSSR count). The maximum atomic E-state index is 11.2. The molecule has 0 N–H and O–H groups in total. The molecule has 0 saturated heterocycles. The van der Waals surface area contributed by atoms with Gasteiger partial charge in [0, 0.05) is 14.1 Å². The standard InChI is InChI=1S/C10H12N4O/c1-7(15)9-5-12-14-6-8(13(2)3)4-11-10(9)14/h4-6H,1-3H3. The Morgan fingerprint density at radius 3 is 2.73 bits per heavy atom. The van der Waals surface area contributed by atoms with E-state index in [1.165, 1.54) is 6.92 Å². The van der Waals surface area contributed by atoms with Crippen molar-refractivity contribution in [1.82, 2.24) is 14.6 Å². The van der Waals surface area contributed by atoms with Crippen LogP contribution in [-0.2, 0) is 0 Å². The average molecular weight is 204 g/mol. The van der Waals surface area contributed by atoms with E-state index in [1.54, 1.807) is 16.9 Å². The predicted octanol–water partition coefficient (Wildman–Crippen LogP) is 0.998. The largest absolute Gasteiger partial charge is 0.375 e. The lowest BCUT2D eigenvalue weighted by atomic mass is 10.2. The Balaban J connectivity index is 2.61. The zero-order valence-electron chi connectivity index (χ0n) is 8.93. The van der Waals surface area contributed by atoms with Crippen LogP contribution in [0.2, 0.25) is 0 Å². The van der Waals surface area contributed by atoms with Gasteiger partial charge >= 0.3 is 0 Å². The SMILES string of the molecule is CC(=O)c1cnn2cc(N(C)C)cnc12. The second kappa shape index (κ2) is 3.34. The molecule has 0 fully saturated rings. The van der Waals surface area contributed by atoms with Crippen LogP contribution in [0.5, 0.6) is 0 Å². The number of ketones is 1. The molecule has 5 heteroatoms. The number of rotatable bonds is 2. The first-order valence-electron chi connectivity index (χ1n) is 4.61. The van der Waals surface area contributed by atoms with Crippen molar-refractivity contribution >= 4 is 17.1 Å². The number of anilines is 1. The van der Waals surface area contributed by atoms with Crippen LogP contribution in [-0.4, -0.2) is 34.5 Å². The fourth-order valence-corrected chi connectivity index (χ4v) is 1.34. The third-order valence-electron chi connectivity index (χ3n) is 2.24. The first kappa shape index (κ1) is 9.64. The lowest BCUT2D eigenvalue weighted by molar-refractivity contribution is 0.101. The van der Waals surface area contributed by atoms with Crippen molar-refractivity contribution in [3.63, 3.8) is 0 Å². The van der Waals surface area contributed by atoms with Gasteiger partial charge in [-0.1, -0.05) is 0 Å². The van der Waals surface area contributed by atoms with Crippen LogP contribution in [0.15, 0.2) is 18.6 Å². The molecule has 5 nitrogen and oxygen atoms in total. The summed E-state index contributed by atoms with van der Waals surface area (Å²) in [5.41, 5.74) is 2.11. The van der Waals surface area contributed by atoms with E-state index in [1.807, 2.05) is 25.2 Å². The lowest BCUT2D eigenvalue weighted by Crippen LogP contribution is -2.10. The predicted molar refractivity (Wildman–Crippen MR) is 57.3 cm³/mol. The Labute approximate surface area is 87.3 Å². The van der Waals surface area contributed by atoms with Gasteiger partial charge in [-0.25, -0.2) is 9.50 Å². The summed E-state index contributed by atoms with van der Waals surface area (Å²) in [6.45, 7) is 1.51. The summed E-state index contributed by atoms with van der Waals surface area (Å²) >= 11 is 0. The Bertz CT molecular complexity index is 515. The van der Waals surface area contributed by atoms with Gasteiger partial charge in [0.1, 0.15) is 0 Å². The minimum absolute atomic E-state index is 0.0184. The van der Waals surface area contributed by atoms with E-state index in [0.717, 1.165) is 5.69 Å². The van der Waals surface area contributed by atoms with Crippen molar-refractivity contribution in [2.75, 3.05) is 19.0 Å². The number of fused-ring (bicyclic) bond motifs is 1. The normalized spacial score (nSPS) is 10.6. The molecule has 0 aromatic carbocycles. The highest BCUT2D eigenvalue weighted by molar-refractivity contribution is 5.99. The fraction of sp³-hybridized carbons (Fsp3) is 0.300. The maximum absolute atomic E-state index is 11.2. The molecular formula is C10H12N4O. The molecule has 0 radical (unpaired) electrons. The first-order chi connectivity index (χ1) is 7.09. The Morgan fingerprint density at radius 2 is 2.13 bits per heavy atom. The van der Waals surface area contributed by atoms with Gasteiger partial charge in [-0.05, 0) is 6.92 Å². The molecule has 0 aliphatic carbocycles. The number of carbonyl (C=O) groups excluding carboxylic acids is 1. The second-order valence-electron chi connectivity index (χ2n) is 3.59. The highest BCUT2D eigenvalue weighted by Gasteiger charge is 2.10. The average Bonchev–Trinajstić information content (AvgIpc) is 2.59. The van der Waals surface area contributed by atoms with Crippen LogP contribution >= 0.6 is 0 Å².